The van der Waals surface area contributed by atoms with E-state index in [-0.39, 0.29) is 11.8 Å². The van der Waals surface area contributed by atoms with Crippen LogP contribution in [-0.4, -0.2) is 41.4 Å². The molecule has 0 aliphatic heterocycles. The van der Waals surface area contributed by atoms with E-state index in [1.807, 2.05) is 6.92 Å². The summed E-state index contributed by atoms with van der Waals surface area (Å²) in [5, 5.41) is 11.8. The summed E-state index contributed by atoms with van der Waals surface area (Å²) >= 11 is 0. The van der Waals surface area contributed by atoms with Gasteiger partial charge in [0.15, 0.2) is 0 Å². The molecule has 0 saturated heterocycles. The van der Waals surface area contributed by atoms with E-state index in [2.05, 4.69) is 5.32 Å². The predicted octanol–water partition coefficient (Wildman–Crippen LogP) is 3.29. The first-order chi connectivity index (χ1) is 12.8. The van der Waals surface area contributed by atoms with E-state index in [9.17, 15) is 14.4 Å². The minimum Gasteiger partial charge on any atom is -0.481 e. The number of hydrogen-bond acceptors (Lipinski definition) is 3. The van der Waals surface area contributed by atoms with Crippen molar-refractivity contribution >= 4 is 23.5 Å². The molecule has 0 fully saturated rings. The minimum atomic E-state index is -0.837. The van der Waals surface area contributed by atoms with Crippen molar-refractivity contribution in [3.63, 3.8) is 0 Å². The number of anilines is 1. The highest BCUT2D eigenvalue weighted by molar-refractivity contribution is 6.06. The van der Waals surface area contributed by atoms with E-state index in [4.69, 9.17) is 5.11 Å². The van der Waals surface area contributed by atoms with Gasteiger partial charge in [-0.2, -0.15) is 0 Å². The zero-order chi connectivity index (χ0) is 20.0. The lowest BCUT2D eigenvalue weighted by atomic mass is 10.0. The van der Waals surface area contributed by atoms with Gasteiger partial charge in [-0.15, -0.1) is 0 Å². The number of aliphatic carboxylic acids is 1. The second-order valence-electron chi connectivity index (χ2n) is 6.49. The fourth-order valence-electron chi connectivity index (χ4n) is 2.53. The van der Waals surface area contributed by atoms with Crippen LogP contribution in [0.25, 0.3) is 0 Å². The summed E-state index contributed by atoms with van der Waals surface area (Å²) in [6.07, 6.45) is 0.429. The first kappa shape index (κ1) is 20.2. The number of amides is 2. The van der Waals surface area contributed by atoms with Crippen molar-refractivity contribution in [2.75, 3.05) is 18.9 Å². The van der Waals surface area contributed by atoms with E-state index in [0.29, 0.717) is 29.8 Å². The largest absolute Gasteiger partial charge is 0.481 e. The third-order valence-corrected chi connectivity index (χ3v) is 4.37. The van der Waals surface area contributed by atoms with Crippen LogP contribution < -0.4 is 5.32 Å². The Hall–Kier alpha value is -3.15. The lowest BCUT2D eigenvalue weighted by Gasteiger charge is -2.15. The molecule has 2 aromatic rings. The molecule has 6 nitrogen and oxygen atoms in total. The van der Waals surface area contributed by atoms with E-state index in [0.717, 1.165) is 5.56 Å². The molecule has 0 radical (unpaired) electrons. The Labute approximate surface area is 158 Å². The molecule has 1 unspecified atom stereocenters. The lowest BCUT2D eigenvalue weighted by Crippen LogP contribution is -2.26. The van der Waals surface area contributed by atoms with Gasteiger partial charge in [-0.3, -0.25) is 14.4 Å². The summed E-state index contributed by atoms with van der Waals surface area (Å²) in [4.78, 5) is 37.2. The first-order valence-electron chi connectivity index (χ1n) is 8.80. The molecule has 0 aliphatic carbocycles. The van der Waals surface area contributed by atoms with Crippen LogP contribution in [0.4, 0.5) is 5.69 Å². The highest BCUT2D eigenvalue weighted by Gasteiger charge is 2.14. The van der Waals surface area contributed by atoms with Gasteiger partial charge < -0.3 is 15.3 Å². The van der Waals surface area contributed by atoms with E-state index >= 15 is 0 Å². The molecule has 2 rings (SSSR count). The monoisotopic (exact) mass is 368 g/mol. The van der Waals surface area contributed by atoms with Crippen LogP contribution in [0.1, 0.15) is 40.1 Å². The molecule has 0 heterocycles. The molecule has 0 aromatic heterocycles. The number of hydrogen-bond donors (Lipinski definition) is 2. The van der Waals surface area contributed by atoms with Gasteiger partial charge in [0.2, 0.25) is 0 Å². The van der Waals surface area contributed by atoms with Gasteiger partial charge in [0.25, 0.3) is 11.8 Å². The molecule has 0 saturated carbocycles. The molecule has 1 atom stereocenters. The maximum atomic E-state index is 12.5. The molecular formula is C21H24N2O4. The molecule has 0 aliphatic rings. The topological polar surface area (TPSA) is 86.7 Å². The van der Waals surface area contributed by atoms with Crippen molar-refractivity contribution in [2.24, 2.45) is 5.92 Å². The van der Waals surface area contributed by atoms with E-state index in [1.54, 1.807) is 67.4 Å². The van der Waals surface area contributed by atoms with Gasteiger partial charge in [-0.1, -0.05) is 25.1 Å². The Morgan fingerprint density at radius 3 is 2.30 bits per heavy atom. The van der Waals surface area contributed by atoms with Crippen molar-refractivity contribution in [3.05, 3.63) is 65.2 Å². The molecule has 142 valence electrons. The van der Waals surface area contributed by atoms with Gasteiger partial charge >= 0.3 is 5.97 Å². The number of nitrogens with one attached hydrogen (secondary N) is 1. The van der Waals surface area contributed by atoms with E-state index in [1.165, 1.54) is 0 Å². The van der Waals surface area contributed by atoms with Crippen molar-refractivity contribution in [1.29, 1.82) is 0 Å². The van der Waals surface area contributed by atoms with Gasteiger partial charge in [-0.25, -0.2) is 0 Å². The van der Waals surface area contributed by atoms with E-state index < -0.39 is 11.9 Å². The SMILES string of the molecule is CCN(C)C(=O)c1cccc(C(=O)Nc2ccc(CC(C)C(=O)O)cc2)c1. The fraction of sp³-hybridized carbons (Fsp3) is 0.286. The number of carboxylic acid groups (broad SMARTS) is 1. The molecule has 0 bridgehead atoms. The highest BCUT2D eigenvalue weighted by Crippen LogP contribution is 2.15. The molecule has 2 aromatic carbocycles. The Morgan fingerprint density at radius 1 is 1.07 bits per heavy atom. The van der Waals surface area contributed by atoms with Crippen LogP contribution in [0.5, 0.6) is 0 Å². The Bertz CT molecular complexity index is 830. The molecular weight excluding hydrogens is 344 g/mol. The average molecular weight is 368 g/mol. The fourth-order valence-corrected chi connectivity index (χ4v) is 2.53. The predicted molar refractivity (Wildman–Crippen MR) is 104 cm³/mol. The number of carbonyl (C=O) groups excluding carboxylic acids is 2. The number of rotatable bonds is 7. The smallest absolute Gasteiger partial charge is 0.306 e. The Morgan fingerprint density at radius 2 is 1.70 bits per heavy atom. The molecule has 2 N–H and O–H groups in total. The van der Waals surface area contributed by atoms with Gasteiger partial charge in [0, 0.05) is 30.4 Å². The normalized spacial score (nSPS) is 11.5. The summed E-state index contributed by atoms with van der Waals surface area (Å²) in [6, 6.07) is 13.7. The molecule has 27 heavy (non-hydrogen) atoms. The van der Waals surface area contributed by atoms with Gasteiger partial charge in [0.1, 0.15) is 0 Å². The highest BCUT2D eigenvalue weighted by atomic mass is 16.4. The second-order valence-corrected chi connectivity index (χ2v) is 6.49. The number of carbonyl (C=O) groups is 3. The van der Waals surface area contributed by atoms with Crippen molar-refractivity contribution in [1.82, 2.24) is 4.90 Å². The zero-order valence-corrected chi connectivity index (χ0v) is 15.7. The van der Waals surface area contributed by atoms with Crippen molar-refractivity contribution in [3.8, 4) is 0 Å². The van der Waals surface area contributed by atoms with Crippen LogP contribution in [0, 0.1) is 5.92 Å². The number of benzene rings is 2. The standard InChI is InChI=1S/C21H24N2O4/c1-4-23(3)20(25)17-7-5-6-16(13-17)19(24)22-18-10-8-15(9-11-18)12-14(2)21(26)27/h5-11,13-14H,4,12H2,1-3H3,(H,22,24)(H,26,27). The first-order valence-corrected chi connectivity index (χ1v) is 8.80. The minimum absolute atomic E-state index is 0.135. The summed E-state index contributed by atoms with van der Waals surface area (Å²) in [7, 11) is 1.71. The van der Waals surface area contributed by atoms with Crippen molar-refractivity contribution in [2.45, 2.75) is 20.3 Å². The van der Waals surface area contributed by atoms with Crippen LogP contribution in [0.15, 0.2) is 48.5 Å². The molecule has 6 heteroatoms. The maximum Gasteiger partial charge on any atom is 0.306 e. The summed E-state index contributed by atoms with van der Waals surface area (Å²) in [5.41, 5.74) is 2.35. The third-order valence-electron chi connectivity index (χ3n) is 4.37. The maximum absolute atomic E-state index is 12.5. The van der Waals surface area contributed by atoms with Crippen molar-refractivity contribution < 1.29 is 19.5 Å². The number of nitrogens with zero attached hydrogens (tertiary/aromatic N) is 1. The lowest BCUT2D eigenvalue weighted by molar-refractivity contribution is -0.141. The second kappa shape index (κ2) is 8.98. The van der Waals surface area contributed by atoms with Crippen LogP contribution >= 0.6 is 0 Å². The van der Waals surface area contributed by atoms with Crippen LogP contribution in [0.3, 0.4) is 0 Å². The van der Waals surface area contributed by atoms with Crippen LogP contribution in [0.2, 0.25) is 0 Å². The van der Waals surface area contributed by atoms with Gasteiger partial charge in [-0.05, 0) is 49.2 Å². The molecule has 0 spiro atoms. The summed E-state index contributed by atoms with van der Waals surface area (Å²) < 4.78 is 0. The summed E-state index contributed by atoms with van der Waals surface area (Å²) in [6.45, 7) is 4.12. The average Bonchev–Trinajstić information content (AvgIpc) is 2.68. The third kappa shape index (κ3) is 5.41. The van der Waals surface area contributed by atoms with Gasteiger partial charge in [0.05, 0.1) is 5.92 Å². The van der Waals surface area contributed by atoms with Crippen LogP contribution in [-0.2, 0) is 11.2 Å². The number of carboxylic acids is 1. The molecule has 2 amide bonds. The Balaban J connectivity index is 2.07. The Kier molecular flexibility index (Phi) is 6.71. The quantitative estimate of drug-likeness (QED) is 0.785. The zero-order valence-electron chi connectivity index (χ0n) is 15.7. The summed E-state index contributed by atoms with van der Waals surface area (Å²) in [5.74, 6) is -1.75.